The lowest BCUT2D eigenvalue weighted by atomic mass is 9.77. The Kier molecular flexibility index (Phi) is 2.79. The second-order valence-corrected chi connectivity index (χ2v) is 5.25. The predicted molar refractivity (Wildman–Crippen MR) is 60.4 cm³/mol. The summed E-state index contributed by atoms with van der Waals surface area (Å²) in [4.78, 5) is 0. The van der Waals surface area contributed by atoms with Gasteiger partial charge in [0.2, 0.25) is 0 Å². The maximum Gasteiger partial charge on any atom is 0.123 e. The minimum atomic E-state index is -0.151. The Bertz CT molecular complexity index is 329. The van der Waals surface area contributed by atoms with Gasteiger partial charge in [-0.15, -0.1) is 0 Å². The molecule has 1 fully saturated rings. The van der Waals surface area contributed by atoms with Crippen molar-refractivity contribution in [1.82, 2.24) is 5.32 Å². The Morgan fingerprint density at radius 2 is 1.93 bits per heavy atom. The molecule has 0 spiro atoms. The van der Waals surface area contributed by atoms with Crippen molar-refractivity contribution in [3.8, 4) is 0 Å². The van der Waals surface area contributed by atoms with Gasteiger partial charge in [0.05, 0.1) is 0 Å². The second-order valence-electron chi connectivity index (χ2n) is 5.25. The van der Waals surface area contributed by atoms with Gasteiger partial charge in [-0.05, 0) is 35.4 Å². The summed E-state index contributed by atoms with van der Waals surface area (Å²) in [5.74, 6) is 0.371. The lowest BCUT2D eigenvalue weighted by Crippen LogP contribution is -2.40. The van der Waals surface area contributed by atoms with Crippen LogP contribution in [0.3, 0.4) is 0 Å². The fraction of sp³-hybridized carbons (Fsp3) is 0.538. The molecule has 1 unspecified atom stereocenters. The Morgan fingerprint density at radius 1 is 1.27 bits per heavy atom. The van der Waals surface area contributed by atoms with Crippen LogP contribution in [0, 0.1) is 11.2 Å². The van der Waals surface area contributed by atoms with Crippen molar-refractivity contribution in [3.63, 3.8) is 0 Å². The van der Waals surface area contributed by atoms with Gasteiger partial charge in [-0.3, -0.25) is 0 Å². The van der Waals surface area contributed by atoms with Crippen LogP contribution in [-0.4, -0.2) is 13.1 Å². The van der Waals surface area contributed by atoms with Gasteiger partial charge in [0, 0.05) is 13.1 Å². The van der Waals surface area contributed by atoms with Crippen LogP contribution in [0.25, 0.3) is 0 Å². The van der Waals surface area contributed by atoms with Gasteiger partial charge in [0.1, 0.15) is 5.82 Å². The van der Waals surface area contributed by atoms with E-state index < -0.39 is 0 Å². The average Bonchev–Trinajstić information content (AvgIpc) is 2.17. The minimum Gasteiger partial charge on any atom is -0.316 e. The van der Waals surface area contributed by atoms with Crippen molar-refractivity contribution in [2.45, 2.75) is 26.2 Å². The fourth-order valence-corrected chi connectivity index (χ4v) is 2.37. The Hall–Kier alpha value is -0.890. The molecule has 0 bridgehead atoms. The van der Waals surface area contributed by atoms with E-state index in [4.69, 9.17) is 0 Å². The number of benzene rings is 1. The molecule has 1 aliphatic rings. The molecule has 1 heterocycles. The molecule has 82 valence electrons. The van der Waals surface area contributed by atoms with Crippen molar-refractivity contribution in [1.29, 1.82) is 0 Å². The molecule has 1 aromatic rings. The van der Waals surface area contributed by atoms with E-state index in [1.807, 2.05) is 12.1 Å². The highest BCUT2D eigenvalue weighted by Crippen LogP contribution is 2.33. The summed E-state index contributed by atoms with van der Waals surface area (Å²) in [6, 6.07) is 6.92. The third-order valence-corrected chi connectivity index (χ3v) is 3.13. The maximum absolute atomic E-state index is 12.8. The van der Waals surface area contributed by atoms with E-state index in [0.29, 0.717) is 11.3 Å². The van der Waals surface area contributed by atoms with Crippen LogP contribution < -0.4 is 5.32 Å². The van der Waals surface area contributed by atoms with Crippen LogP contribution >= 0.6 is 0 Å². The van der Waals surface area contributed by atoms with Crippen molar-refractivity contribution in [2.75, 3.05) is 13.1 Å². The van der Waals surface area contributed by atoms with E-state index >= 15 is 0 Å². The van der Waals surface area contributed by atoms with Crippen molar-refractivity contribution >= 4 is 0 Å². The van der Waals surface area contributed by atoms with Crippen LogP contribution in [0.5, 0.6) is 0 Å². The molecule has 1 aliphatic heterocycles. The molecular weight excluding hydrogens is 189 g/mol. The summed E-state index contributed by atoms with van der Waals surface area (Å²) in [6.45, 7) is 6.63. The molecule has 1 nitrogen and oxygen atoms in total. The van der Waals surface area contributed by atoms with Gasteiger partial charge in [0.25, 0.3) is 0 Å². The van der Waals surface area contributed by atoms with E-state index in [0.717, 1.165) is 13.1 Å². The van der Waals surface area contributed by atoms with E-state index in [-0.39, 0.29) is 5.82 Å². The monoisotopic (exact) mass is 207 g/mol. The summed E-state index contributed by atoms with van der Waals surface area (Å²) < 4.78 is 12.8. The molecule has 1 saturated heterocycles. The minimum absolute atomic E-state index is 0.151. The van der Waals surface area contributed by atoms with Crippen LogP contribution in [0.1, 0.15) is 31.7 Å². The number of piperidine rings is 1. The Morgan fingerprint density at radius 3 is 2.53 bits per heavy atom. The standard InChI is InChI=1S/C13H18FN/c1-13(2)7-11(8-15-9-13)10-3-5-12(14)6-4-10/h3-6,11,15H,7-9H2,1-2H3. The number of halogens is 1. The number of nitrogens with one attached hydrogen (secondary N) is 1. The smallest absolute Gasteiger partial charge is 0.123 e. The third-order valence-electron chi connectivity index (χ3n) is 3.13. The molecular formula is C13H18FN. The second kappa shape index (κ2) is 3.93. The zero-order valence-corrected chi connectivity index (χ0v) is 9.39. The predicted octanol–water partition coefficient (Wildman–Crippen LogP) is 2.93. The lowest BCUT2D eigenvalue weighted by molar-refractivity contribution is 0.240. The fourth-order valence-electron chi connectivity index (χ4n) is 2.37. The summed E-state index contributed by atoms with van der Waals surface area (Å²) in [5, 5.41) is 3.44. The SMILES string of the molecule is CC1(C)CNCC(c2ccc(F)cc2)C1. The molecule has 0 aromatic heterocycles. The van der Waals surface area contributed by atoms with E-state index in [2.05, 4.69) is 19.2 Å². The third kappa shape index (κ3) is 2.57. The molecule has 15 heavy (non-hydrogen) atoms. The summed E-state index contributed by atoms with van der Waals surface area (Å²) in [5.41, 5.74) is 1.59. The first-order valence-corrected chi connectivity index (χ1v) is 5.53. The summed E-state index contributed by atoms with van der Waals surface area (Å²) in [6.07, 6.45) is 1.17. The molecule has 1 aromatic carbocycles. The maximum atomic E-state index is 12.8. The van der Waals surface area contributed by atoms with Gasteiger partial charge in [-0.25, -0.2) is 4.39 Å². The highest BCUT2D eigenvalue weighted by atomic mass is 19.1. The number of hydrogen-bond acceptors (Lipinski definition) is 1. The zero-order valence-electron chi connectivity index (χ0n) is 9.39. The quantitative estimate of drug-likeness (QED) is 0.746. The van der Waals surface area contributed by atoms with Crippen molar-refractivity contribution in [3.05, 3.63) is 35.6 Å². The topological polar surface area (TPSA) is 12.0 Å². The van der Waals surface area contributed by atoms with E-state index in [9.17, 15) is 4.39 Å². The Balaban J connectivity index is 2.13. The largest absolute Gasteiger partial charge is 0.316 e. The first kappa shape index (κ1) is 10.6. The first-order chi connectivity index (χ1) is 7.07. The van der Waals surface area contributed by atoms with E-state index in [1.54, 1.807) is 12.1 Å². The average molecular weight is 207 g/mol. The zero-order chi connectivity index (χ0) is 10.9. The van der Waals surface area contributed by atoms with Gasteiger partial charge in [0.15, 0.2) is 0 Å². The molecule has 0 saturated carbocycles. The number of hydrogen-bond donors (Lipinski definition) is 1. The van der Waals surface area contributed by atoms with Crippen LogP contribution in [-0.2, 0) is 0 Å². The molecule has 0 aliphatic carbocycles. The molecule has 1 atom stereocenters. The molecule has 2 heteroatoms. The van der Waals surface area contributed by atoms with Crippen molar-refractivity contribution in [2.24, 2.45) is 5.41 Å². The van der Waals surface area contributed by atoms with Gasteiger partial charge in [-0.2, -0.15) is 0 Å². The van der Waals surface area contributed by atoms with Crippen molar-refractivity contribution < 1.29 is 4.39 Å². The molecule has 0 amide bonds. The molecule has 0 radical (unpaired) electrons. The van der Waals surface area contributed by atoms with Gasteiger partial charge < -0.3 is 5.32 Å². The molecule has 2 rings (SSSR count). The lowest BCUT2D eigenvalue weighted by Gasteiger charge is -2.36. The van der Waals surface area contributed by atoms with E-state index in [1.165, 1.54) is 12.0 Å². The van der Waals surface area contributed by atoms with Crippen LogP contribution in [0.15, 0.2) is 24.3 Å². The highest BCUT2D eigenvalue weighted by Gasteiger charge is 2.28. The summed E-state index contributed by atoms with van der Waals surface area (Å²) >= 11 is 0. The highest BCUT2D eigenvalue weighted by molar-refractivity contribution is 5.22. The Labute approximate surface area is 90.7 Å². The van der Waals surface area contributed by atoms with Gasteiger partial charge >= 0.3 is 0 Å². The number of rotatable bonds is 1. The van der Waals surface area contributed by atoms with Crippen LogP contribution in [0.2, 0.25) is 0 Å². The normalized spacial score (nSPS) is 25.1. The molecule has 1 N–H and O–H groups in total. The summed E-state index contributed by atoms with van der Waals surface area (Å²) in [7, 11) is 0. The van der Waals surface area contributed by atoms with Gasteiger partial charge in [-0.1, -0.05) is 26.0 Å². The first-order valence-electron chi connectivity index (χ1n) is 5.53. The van der Waals surface area contributed by atoms with Crippen LogP contribution in [0.4, 0.5) is 4.39 Å².